The van der Waals surface area contributed by atoms with Gasteiger partial charge in [-0.3, -0.25) is 24.6 Å². The minimum absolute atomic E-state index is 0.191. The molecule has 1 aromatic heterocycles. The van der Waals surface area contributed by atoms with E-state index in [1.54, 1.807) is 24.3 Å². The maximum atomic E-state index is 13.4. The Morgan fingerprint density at radius 1 is 1.11 bits per heavy atom. The van der Waals surface area contributed by atoms with Gasteiger partial charge in [-0.15, -0.1) is 0 Å². The number of carbonyl (C=O) groups is 2. The number of carbonyl (C=O) groups excluding carboxylic acids is 2. The molecule has 1 unspecified atom stereocenters. The van der Waals surface area contributed by atoms with Crippen LogP contribution in [0.5, 0.6) is 5.75 Å². The highest BCUT2D eigenvalue weighted by molar-refractivity contribution is 7.22. The number of nitrogens with zero attached hydrogens (tertiary/aromatic N) is 3. The van der Waals surface area contributed by atoms with Gasteiger partial charge in [0, 0.05) is 17.7 Å². The number of ketones is 1. The van der Waals surface area contributed by atoms with Crippen LogP contribution in [0.4, 0.5) is 10.8 Å². The van der Waals surface area contributed by atoms with Crippen LogP contribution in [0.15, 0.2) is 72.3 Å². The summed E-state index contributed by atoms with van der Waals surface area (Å²) in [6.07, 6.45) is 0. The van der Waals surface area contributed by atoms with Gasteiger partial charge in [-0.1, -0.05) is 41.7 Å². The van der Waals surface area contributed by atoms with E-state index in [4.69, 9.17) is 4.74 Å². The van der Waals surface area contributed by atoms with Crippen molar-refractivity contribution in [3.05, 3.63) is 99.1 Å². The fourth-order valence-electron chi connectivity index (χ4n) is 4.20. The average molecular weight is 502 g/mol. The molecule has 0 saturated carbocycles. The molecule has 5 rings (SSSR count). The van der Waals surface area contributed by atoms with Crippen molar-refractivity contribution < 1.29 is 24.4 Å². The monoisotopic (exact) mass is 501 g/mol. The number of aryl methyl sites for hydroxylation is 1. The van der Waals surface area contributed by atoms with Crippen molar-refractivity contribution in [3.63, 3.8) is 0 Å². The Bertz CT molecular complexity index is 1590. The van der Waals surface area contributed by atoms with Gasteiger partial charge in [0.1, 0.15) is 11.5 Å². The minimum atomic E-state index is -1.13. The maximum absolute atomic E-state index is 13.4. The molecule has 36 heavy (non-hydrogen) atoms. The number of benzene rings is 3. The summed E-state index contributed by atoms with van der Waals surface area (Å²) in [6.45, 7) is 1.93. The van der Waals surface area contributed by atoms with E-state index >= 15 is 0 Å². The second-order valence-electron chi connectivity index (χ2n) is 8.22. The van der Waals surface area contributed by atoms with Gasteiger partial charge in [-0.25, -0.2) is 4.98 Å². The number of methoxy groups -OCH3 is 1. The van der Waals surface area contributed by atoms with E-state index in [1.165, 1.54) is 47.6 Å². The number of anilines is 1. The van der Waals surface area contributed by atoms with Crippen molar-refractivity contribution in [1.82, 2.24) is 4.98 Å². The van der Waals surface area contributed by atoms with Crippen molar-refractivity contribution in [3.8, 4) is 5.75 Å². The molecule has 0 spiro atoms. The predicted molar refractivity (Wildman–Crippen MR) is 135 cm³/mol. The molecule has 0 aliphatic carbocycles. The van der Waals surface area contributed by atoms with Crippen molar-refractivity contribution in [1.29, 1.82) is 0 Å². The summed E-state index contributed by atoms with van der Waals surface area (Å²) in [6, 6.07) is 16.6. The highest BCUT2D eigenvalue weighted by Crippen LogP contribution is 2.45. The maximum Gasteiger partial charge on any atom is 0.301 e. The van der Waals surface area contributed by atoms with Crippen molar-refractivity contribution >= 4 is 49.8 Å². The first-order chi connectivity index (χ1) is 17.3. The number of rotatable bonds is 5. The van der Waals surface area contributed by atoms with Gasteiger partial charge in [0.2, 0.25) is 0 Å². The largest absolute Gasteiger partial charge is 0.507 e. The summed E-state index contributed by atoms with van der Waals surface area (Å²) in [5, 5.41) is 23.0. The van der Waals surface area contributed by atoms with Crippen LogP contribution in [0.3, 0.4) is 0 Å². The Morgan fingerprint density at radius 3 is 2.64 bits per heavy atom. The second kappa shape index (κ2) is 8.90. The van der Waals surface area contributed by atoms with E-state index in [0.717, 1.165) is 10.3 Å². The molecule has 1 N–H and O–H groups in total. The number of amides is 1. The number of aliphatic hydroxyl groups excluding tert-OH is 1. The third-order valence-electron chi connectivity index (χ3n) is 5.92. The predicted octanol–water partition coefficient (Wildman–Crippen LogP) is 5.15. The summed E-state index contributed by atoms with van der Waals surface area (Å²) in [5.74, 6) is -1.76. The molecule has 0 bridgehead atoms. The molecule has 4 aromatic rings. The summed E-state index contributed by atoms with van der Waals surface area (Å²) in [4.78, 5) is 43.4. The fourth-order valence-corrected chi connectivity index (χ4v) is 5.29. The first-order valence-electron chi connectivity index (χ1n) is 10.9. The van der Waals surface area contributed by atoms with Gasteiger partial charge < -0.3 is 9.84 Å². The zero-order chi connectivity index (χ0) is 25.6. The van der Waals surface area contributed by atoms with Crippen LogP contribution < -0.4 is 9.64 Å². The molecule has 180 valence electrons. The third-order valence-corrected chi connectivity index (χ3v) is 6.94. The van der Waals surface area contributed by atoms with Gasteiger partial charge in [0.25, 0.3) is 11.5 Å². The number of hydrogen-bond donors (Lipinski definition) is 1. The van der Waals surface area contributed by atoms with Crippen LogP contribution in [0.25, 0.3) is 16.0 Å². The van der Waals surface area contributed by atoms with E-state index < -0.39 is 28.4 Å². The van der Waals surface area contributed by atoms with E-state index in [9.17, 15) is 24.8 Å². The van der Waals surface area contributed by atoms with E-state index in [0.29, 0.717) is 16.8 Å². The molecule has 1 atom stereocenters. The molecule has 1 aliphatic rings. The third kappa shape index (κ3) is 3.87. The SMILES string of the molecule is COc1cccc(C(O)=C2C(=O)C(=O)N(c3nc4ccc(C)cc4s3)C2c2cccc([N+](=O)[O-])c2)c1. The van der Waals surface area contributed by atoms with E-state index in [2.05, 4.69) is 4.98 Å². The lowest BCUT2D eigenvalue weighted by Gasteiger charge is -2.22. The molecule has 9 nitrogen and oxygen atoms in total. The molecule has 1 aliphatic heterocycles. The lowest BCUT2D eigenvalue weighted by molar-refractivity contribution is -0.384. The summed E-state index contributed by atoms with van der Waals surface area (Å²) < 4.78 is 6.04. The normalized spacial score (nSPS) is 17.1. The van der Waals surface area contributed by atoms with E-state index in [1.807, 2.05) is 25.1 Å². The van der Waals surface area contributed by atoms with Crippen molar-refractivity contribution in [2.75, 3.05) is 12.0 Å². The molecule has 1 amide bonds. The molecule has 10 heteroatoms. The standard InChI is InChI=1S/C26H19N3O6S/c1-14-9-10-19-20(11-14)36-26(27-19)28-22(15-5-3-7-17(12-15)29(33)34)21(24(31)25(28)32)23(30)16-6-4-8-18(13-16)35-2/h3-13,22,30H,1-2H3. The fraction of sp³-hybridized carbons (Fsp3) is 0.115. The Hall–Kier alpha value is -4.57. The number of hydrogen-bond acceptors (Lipinski definition) is 8. The topological polar surface area (TPSA) is 123 Å². The number of nitro benzene ring substituents is 1. The van der Waals surface area contributed by atoms with Gasteiger partial charge >= 0.3 is 5.91 Å². The Morgan fingerprint density at radius 2 is 1.89 bits per heavy atom. The molecule has 3 aromatic carbocycles. The Kier molecular flexibility index (Phi) is 5.73. The second-order valence-corrected chi connectivity index (χ2v) is 9.23. The lowest BCUT2D eigenvalue weighted by atomic mass is 9.95. The first kappa shape index (κ1) is 23.2. The smallest absolute Gasteiger partial charge is 0.301 e. The average Bonchev–Trinajstić information content (AvgIpc) is 3.41. The minimum Gasteiger partial charge on any atom is -0.507 e. The first-order valence-corrected chi connectivity index (χ1v) is 11.7. The molecule has 1 fully saturated rings. The number of thiazole rings is 1. The van der Waals surface area contributed by atoms with Crippen LogP contribution in [0, 0.1) is 17.0 Å². The van der Waals surface area contributed by atoms with Gasteiger partial charge in [-0.05, 0) is 42.3 Å². The molecular formula is C26H19N3O6S. The molecule has 1 saturated heterocycles. The van der Waals surface area contributed by atoms with Crippen LogP contribution >= 0.6 is 11.3 Å². The molecule has 2 heterocycles. The van der Waals surface area contributed by atoms with Gasteiger partial charge in [0.15, 0.2) is 5.13 Å². The number of ether oxygens (including phenoxy) is 1. The number of Topliss-reactive ketones (excluding diaryl/α,β-unsaturated/α-hetero) is 1. The number of aliphatic hydroxyl groups is 1. The molecule has 0 radical (unpaired) electrons. The van der Waals surface area contributed by atoms with Crippen LogP contribution in [-0.2, 0) is 9.59 Å². The number of fused-ring (bicyclic) bond motifs is 1. The zero-order valence-electron chi connectivity index (χ0n) is 19.2. The number of aromatic nitrogens is 1. The van der Waals surface area contributed by atoms with E-state index in [-0.39, 0.29) is 22.0 Å². The molecular weight excluding hydrogens is 482 g/mol. The number of non-ortho nitro benzene ring substituents is 1. The summed E-state index contributed by atoms with van der Waals surface area (Å²) >= 11 is 1.22. The zero-order valence-corrected chi connectivity index (χ0v) is 20.0. The number of nitro groups is 1. The highest BCUT2D eigenvalue weighted by atomic mass is 32.1. The quantitative estimate of drug-likeness (QED) is 0.132. The van der Waals surface area contributed by atoms with Crippen molar-refractivity contribution in [2.45, 2.75) is 13.0 Å². The lowest BCUT2D eigenvalue weighted by Crippen LogP contribution is -2.29. The summed E-state index contributed by atoms with van der Waals surface area (Å²) in [7, 11) is 1.47. The van der Waals surface area contributed by atoms with Gasteiger partial charge in [0.05, 0.1) is 33.9 Å². The van der Waals surface area contributed by atoms with Crippen LogP contribution in [-0.4, -0.2) is 33.8 Å². The van der Waals surface area contributed by atoms with Crippen LogP contribution in [0.2, 0.25) is 0 Å². The summed E-state index contributed by atoms with van der Waals surface area (Å²) in [5.41, 5.74) is 1.82. The highest BCUT2D eigenvalue weighted by Gasteiger charge is 2.48. The Labute approximate surface area is 209 Å². The van der Waals surface area contributed by atoms with Gasteiger partial charge in [-0.2, -0.15) is 0 Å². The van der Waals surface area contributed by atoms with Crippen molar-refractivity contribution in [2.24, 2.45) is 0 Å². The Balaban J connectivity index is 1.75. The van der Waals surface area contributed by atoms with Crippen LogP contribution in [0.1, 0.15) is 22.7 Å².